The second kappa shape index (κ2) is 6.82. The smallest absolute Gasteiger partial charge is 0.00212 e. The number of hydrogen-bond acceptors (Lipinski definition) is 1. The standard InChI is InChI=1S/C11H24S/c1-9(2)7-6-8-11(5)12-10(3)4/h9-11H,6-8H2,1-5H3/t11-/m0/s1. The molecule has 0 aromatic heterocycles. The van der Waals surface area contributed by atoms with Gasteiger partial charge in [-0.15, -0.1) is 0 Å². The number of hydrogen-bond donors (Lipinski definition) is 0. The fourth-order valence-corrected chi connectivity index (χ4v) is 2.58. The Morgan fingerprint density at radius 2 is 1.50 bits per heavy atom. The molecule has 0 bridgehead atoms. The molecule has 1 heteroatoms. The summed E-state index contributed by atoms with van der Waals surface area (Å²) in [6, 6.07) is 0. The highest BCUT2D eigenvalue weighted by Gasteiger charge is 2.05. The summed E-state index contributed by atoms with van der Waals surface area (Å²) in [5.74, 6) is 0.876. The lowest BCUT2D eigenvalue weighted by Gasteiger charge is -2.14. The van der Waals surface area contributed by atoms with E-state index in [1.807, 2.05) is 0 Å². The maximum atomic E-state index is 2.35. The van der Waals surface area contributed by atoms with Crippen LogP contribution in [0.2, 0.25) is 0 Å². The Bertz CT molecular complexity index is 97.2. The molecule has 0 fully saturated rings. The Morgan fingerprint density at radius 1 is 0.917 bits per heavy atom. The molecule has 0 radical (unpaired) electrons. The summed E-state index contributed by atoms with van der Waals surface area (Å²) in [5.41, 5.74) is 0. The normalized spacial score (nSPS) is 14.2. The topological polar surface area (TPSA) is 0 Å². The monoisotopic (exact) mass is 188 g/mol. The predicted octanol–water partition coefficient (Wildman–Crippen LogP) is 4.34. The molecular weight excluding hydrogens is 164 g/mol. The lowest BCUT2D eigenvalue weighted by Crippen LogP contribution is -2.02. The molecule has 0 aromatic carbocycles. The molecule has 0 nitrogen and oxygen atoms in total. The van der Waals surface area contributed by atoms with Gasteiger partial charge < -0.3 is 0 Å². The highest BCUT2D eigenvalue weighted by atomic mass is 32.2. The second-order valence-corrected chi connectivity index (χ2v) is 6.34. The Kier molecular flexibility index (Phi) is 7.02. The van der Waals surface area contributed by atoms with E-state index in [-0.39, 0.29) is 0 Å². The Labute approximate surface area is 82.5 Å². The predicted molar refractivity (Wildman–Crippen MR) is 60.9 cm³/mol. The van der Waals surface area contributed by atoms with Gasteiger partial charge in [0.25, 0.3) is 0 Å². The van der Waals surface area contributed by atoms with Crippen LogP contribution in [0.3, 0.4) is 0 Å². The lowest BCUT2D eigenvalue weighted by atomic mass is 10.1. The minimum Gasteiger partial charge on any atom is -0.156 e. The van der Waals surface area contributed by atoms with Crippen molar-refractivity contribution in [3.63, 3.8) is 0 Å². The van der Waals surface area contributed by atoms with Crippen LogP contribution >= 0.6 is 11.8 Å². The van der Waals surface area contributed by atoms with Crippen LogP contribution in [0.4, 0.5) is 0 Å². The van der Waals surface area contributed by atoms with Gasteiger partial charge in [-0.3, -0.25) is 0 Å². The van der Waals surface area contributed by atoms with Crippen molar-refractivity contribution in [1.29, 1.82) is 0 Å². The first-order valence-corrected chi connectivity index (χ1v) is 6.12. The molecule has 0 heterocycles. The van der Waals surface area contributed by atoms with Crippen molar-refractivity contribution >= 4 is 11.8 Å². The van der Waals surface area contributed by atoms with Gasteiger partial charge in [0, 0.05) is 5.25 Å². The minimum atomic E-state index is 0.791. The van der Waals surface area contributed by atoms with E-state index < -0.39 is 0 Å². The van der Waals surface area contributed by atoms with Crippen LogP contribution in [0.5, 0.6) is 0 Å². The van der Waals surface area contributed by atoms with E-state index >= 15 is 0 Å². The molecule has 0 unspecified atom stereocenters. The molecule has 0 aliphatic carbocycles. The molecule has 0 saturated carbocycles. The van der Waals surface area contributed by atoms with Gasteiger partial charge >= 0.3 is 0 Å². The van der Waals surface area contributed by atoms with Gasteiger partial charge in [-0.2, -0.15) is 11.8 Å². The summed E-state index contributed by atoms with van der Waals surface area (Å²) in [4.78, 5) is 0. The third-order valence-corrected chi connectivity index (χ3v) is 3.14. The maximum absolute atomic E-state index is 2.35. The van der Waals surface area contributed by atoms with E-state index in [2.05, 4.69) is 46.4 Å². The summed E-state index contributed by atoms with van der Waals surface area (Å²) in [5, 5.41) is 1.64. The highest BCUT2D eigenvalue weighted by Crippen LogP contribution is 2.22. The summed E-state index contributed by atoms with van der Waals surface area (Å²) < 4.78 is 0. The minimum absolute atomic E-state index is 0.791. The van der Waals surface area contributed by atoms with E-state index in [0.29, 0.717) is 0 Å². The number of thioether (sulfide) groups is 1. The Balaban J connectivity index is 3.25. The molecule has 74 valence electrons. The molecule has 0 spiro atoms. The van der Waals surface area contributed by atoms with Crippen molar-refractivity contribution < 1.29 is 0 Å². The molecular formula is C11H24S. The second-order valence-electron chi connectivity index (χ2n) is 4.32. The zero-order chi connectivity index (χ0) is 9.56. The Morgan fingerprint density at radius 3 is 1.92 bits per heavy atom. The molecule has 0 aromatic rings. The van der Waals surface area contributed by atoms with Crippen LogP contribution in [0.15, 0.2) is 0 Å². The third-order valence-electron chi connectivity index (χ3n) is 1.90. The van der Waals surface area contributed by atoms with E-state index in [9.17, 15) is 0 Å². The number of rotatable bonds is 6. The van der Waals surface area contributed by atoms with Gasteiger partial charge in [0.05, 0.1) is 0 Å². The molecule has 0 aliphatic rings. The molecule has 0 N–H and O–H groups in total. The molecule has 0 amide bonds. The van der Waals surface area contributed by atoms with E-state index in [4.69, 9.17) is 0 Å². The zero-order valence-corrected chi connectivity index (χ0v) is 10.1. The van der Waals surface area contributed by atoms with Crippen molar-refractivity contribution in [2.45, 2.75) is 64.4 Å². The van der Waals surface area contributed by atoms with Gasteiger partial charge in [-0.05, 0) is 17.6 Å². The summed E-state index contributed by atoms with van der Waals surface area (Å²) in [7, 11) is 0. The van der Waals surface area contributed by atoms with Crippen molar-refractivity contribution in [1.82, 2.24) is 0 Å². The SMILES string of the molecule is CC(C)CCC[C@H](C)SC(C)C. The summed E-state index contributed by atoms with van der Waals surface area (Å²) >= 11 is 2.11. The van der Waals surface area contributed by atoms with Gasteiger partial charge in [0.15, 0.2) is 0 Å². The largest absolute Gasteiger partial charge is 0.156 e. The zero-order valence-electron chi connectivity index (χ0n) is 9.26. The van der Waals surface area contributed by atoms with Crippen molar-refractivity contribution in [2.24, 2.45) is 5.92 Å². The van der Waals surface area contributed by atoms with E-state index in [1.54, 1.807) is 0 Å². The van der Waals surface area contributed by atoms with Crippen LogP contribution in [-0.4, -0.2) is 10.5 Å². The van der Waals surface area contributed by atoms with Gasteiger partial charge in [0.1, 0.15) is 0 Å². The van der Waals surface area contributed by atoms with Gasteiger partial charge in [-0.25, -0.2) is 0 Å². The van der Waals surface area contributed by atoms with E-state index in [0.717, 1.165) is 16.4 Å². The molecule has 1 atom stereocenters. The van der Waals surface area contributed by atoms with Crippen molar-refractivity contribution in [3.8, 4) is 0 Å². The summed E-state index contributed by atoms with van der Waals surface area (Å²) in [6.45, 7) is 11.5. The highest BCUT2D eigenvalue weighted by molar-refractivity contribution is 8.00. The van der Waals surface area contributed by atoms with Crippen LogP contribution in [0.25, 0.3) is 0 Å². The first kappa shape index (κ1) is 12.3. The van der Waals surface area contributed by atoms with E-state index in [1.165, 1.54) is 19.3 Å². The van der Waals surface area contributed by atoms with Crippen LogP contribution in [0.1, 0.15) is 53.9 Å². The van der Waals surface area contributed by atoms with Crippen LogP contribution in [-0.2, 0) is 0 Å². The molecule has 0 aliphatic heterocycles. The summed E-state index contributed by atoms with van der Waals surface area (Å²) in [6.07, 6.45) is 4.18. The van der Waals surface area contributed by atoms with Gasteiger partial charge in [0.2, 0.25) is 0 Å². The Hall–Kier alpha value is 0.350. The molecule has 0 saturated heterocycles. The fourth-order valence-electron chi connectivity index (χ4n) is 1.35. The van der Waals surface area contributed by atoms with Crippen LogP contribution in [0, 0.1) is 5.92 Å². The third kappa shape index (κ3) is 8.45. The maximum Gasteiger partial charge on any atom is 0.00212 e. The van der Waals surface area contributed by atoms with Gasteiger partial charge in [-0.1, -0.05) is 47.5 Å². The van der Waals surface area contributed by atoms with Crippen LogP contribution < -0.4 is 0 Å². The lowest BCUT2D eigenvalue weighted by molar-refractivity contribution is 0.537. The average Bonchev–Trinajstić information content (AvgIpc) is 1.84. The van der Waals surface area contributed by atoms with Crippen molar-refractivity contribution in [2.75, 3.05) is 0 Å². The fraction of sp³-hybridized carbons (Fsp3) is 1.00. The molecule has 12 heavy (non-hydrogen) atoms. The van der Waals surface area contributed by atoms with Crippen molar-refractivity contribution in [3.05, 3.63) is 0 Å². The quantitative estimate of drug-likeness (QED) is 0.597. The first-order chi connectivity index (χ1) is 5.52. The first-order valence-electron chi connectivity index (χ1n) is 5.17. The average molecular weight is 188 g/mol. The molecule has 0 rings (SSSR count).